The van der Waals surface area contributed by atoms with Gasteiger partial charge in [-0.25, -0.2) is 0 Å². The Kier molecular flexibility index (Phi) is 4.73. The molecule has 2 unspecified atom stereocenters. The molecular weight excluding hydrogens is 206 g/mol. The van der Waals surface area contributed by atoms with Crippen molar-refractivity contribution in [3.63, 3.8) is 0 Å². The van der Waals surface area contributed by atoms with Gasteiger partial charge >= 0.3 is 0 Å². The summed E-state index contributed by atoms with van der Waals surface area (Å²) in [6.07, 6.45) is 3.21. The Morgan fingerprint density at radius 2 is 2.12 bits per heavy atom. The molecule has 0 radical (unpaired) electrons. The van der Waals surface area contributed by atoms with Crippen molar-refractivity contribution in [2.75, 3.05) is 20.1 Å². The second-order valence-electron chi connectivity index (χ2n) is 4.48. The van der Waals surface area contributed by atoms with E-state index in [1.54, 1.807) is 7.05 Å². The Hall–Kier alpha value is -1.10. The van der Waals surface area contributed by atoms with Crippen molar-refractivity contribution in [3.05, 3.63) is 0 Å². The number of rotatable bonds is 4. The van der Waals surface area contributed by atoms with Gasteiger partial charge in [-0.15, -0.1) is 0 Å². The van der Waals surface area contributed by atoms with E-state index in [0.29, 0.717) is 12.5 Å². The number of nitrogens with zero attached hydrogens (tertiary/aromatic N) is 1. The summed E-state index contributed by atoms with van der Waals surface area (Å²) in [5.41, 5.74) is 5.63. The molecule has 0 spiro atoms. The van der Waals surface area contributed by atoms with E-state index in [4.69, 9.17) is 5.73 Å². The van der Waals surface area contributed by atoms with Gasteiger partial charge in [0.15, 0.2) is 0 Å². The van der Waals surface area contributed by atoms with Crippen molar-refractivity contribution in [2.24, 2.45) is 11.7 Å². The van der Waals surface area contributed by atoms with E-state index >= 15 is 0 Å². The van der Waals surface area contributed by atoms with Gasteiger partial charge in [0, 0.05) is 20.0 Å². The fraction of sp³-hybridized carbons (Fsp3) is 0.818. The van der Waals surface area contributed by atoms with Crippen LogP contribution in [-0.4, -0.2) is 42.9 Å². The van der Waals surface area contributed by atoms with Crippen molar-refractivity contribution in [1.82, 2.24) is 10.2 Å². The summed E-state index contributed by atoms with van der Waals surface area (Å²) in [6.45, 7) is 2.20. The van der Waals surface area contributed by atoms with Gasteiger partial charge in [0.05, 0.1) is 6.54 Å². The quantitative estimate of drug-likeness (QED) is 0.693. The minimum atomic E-state index is -0.100. The van der Waals surface area contributed by atoms with Crippen LogP contribution in [0.2, 0.25) is 0 Å². The van der Waals surface area contributed by atoms with E-state index < -0.39 is 0 Å². The molecule has 16 heavy (non-hydrogen) atoms. The lowest BCUT2D eigenvalue weighted by Crippen LogP contribution is -2.44. The topological polar surface area (TPSA) is 75.4 Å². The first-order valence-electron chi connectivity index (χ1n) is 5.75. The largest absolute Gasteiger partial charge is 0.352 e. The molecule has 0 saturated heterocycles. The molecule has 0 bridgehead atoms. The van der Waals surface area contributed by atoms with E-state index in [1.165, 1.54) is 11.8 Å². The van der Waals surface area contributed by atoms with Crippen LogP contribution in [0, 0.1) is 5.92 Å². The first kappa shape index (κ1) is 13.0. The molecule has 1 aliphatic carbocycles. The van der Waals surface area contributed by atoms with Crippen molar-refractivity contribution in [1.29, 1.82) is 0 Å². The number of likely N-dealkylation sites (N-methyl/N-ethyl adjacent to an activating group) is 1. The maximum absolute atomic E-state index is 11.6. The van der Waals surface area contributed by atoms with E-state index in [-0.39, 0.29) is 24.4 Å². The highest BCUT2D eigenvalue weighted by Crippen LogP contribution is 2.24. The summed E-state index contributed by atoms with van der Waals surface area (Å²) in [4.78, 5) is 24.0. The summed E-state index contributed by atoms with van der Waals surface area (Å²) in [7, 11) is 1.62. The van der Waals surface area contributed by atoms with Crippen LogP contribution >= 0.6 is 0 Å². The zero-order valence-corrected chi connectivity index (χ0v) is 10.0. The first-order chi connectivity index (χ1) is 7.54. The Labute approximate surface area is 96.4 Å². The van der Waals surface area contributed by atoms with Crippen LogP contribution in [0.15, 0.2) is 0 Å². The fourth-order valence-corrected chi connectivity index (χ4v) is 2.09. The van der Waals surface area contributed by atoms with Gasteiger partial charge in [-0.05, 0) is 25.3 Å². The van der Waals surface area contributed by atoms with Gasteiger partial charge in [0.2, 0.25) is 11.8 Å². The molecule has 1 rings (SSSR count). The zero-order valence-electron chi connectivity index (χ0n) is 10.0. The van der Waals surface area contributed by atoms with Crippen LogP contribution < -0.4 is 11.1 Å². The number of hydrogen-bond acceptors (Lipinski definition) is 3. The average Bonchev–Trinajstić information content (AvgIpc) is 2.64. The van der Waals surface area contributed by atoms with Gasteiger partial charge in [-0.2, -0.15) is 0 Å². The summed E-state index contributed by atoms with van der Waals surface area (Å²) in [5, 5.41) is 2.95. The van der Waals surface area contributed by atoms with Crippen LogP contribution in [-0.2, 0) is 9.59 Å². The lowest BCUT2D eigenvalue weighted by Gasteiger charge is -2.21. The SMILES string of the molecule is CC(=O)N(C)CC(=O)NC1CCCC1CN. The molecule has 1 aliphatic rings. The predicted octanol–water partition coefficient (Wildman–Crippen LogP) is -0.292. The average molecular weight is 227 g/mol. The normalized spacial score (nSPS) is 24.2. The molecule has 2 amide bonds. The zero-order chi connectivity index (χ0) is 12.1. The Morgan fingerprint density at radius 1 is 1.44 bits per heavy atom. The standard InChI is InChI=1S/C11H21N3O2/c1-8(15)14(2)7-11(16)13-10-5-3-4-9(10)6-12/h9-10H,3-7,12H2,1-2H3,(H,13,16). The van der Waals surface area contributed by atoms with E-state index in [0.717, 1.165) is 19.3 Å². The lowest BCUT2D eigenvalue weighted by molar-refractivity contribution is -0.133. The first-order valence-corrected chi connectivity index (χ1v) is 5.75. The molecular formula is C11H21N3O2. The van der Waals surface area contributed by atoms with Gasteiger partial charge < -0.3 is 16.0 Å². The molecule has 1 fully saturated rings. The Morgan fingerprint density at radius 3 is 2.69 bits per heavy atom. The molecule has 0 aromatic carbocycles. The number of hydrogen-bond donors (Lipinski definition) is 2. The molecule has 5 heteroatoms. The summed E-state index contributed by atoms with van der Waals surface area (Å²) in [6, 6.07) is 0.192. The minimum Gasteiger partial charge on any atom is -0.352 e. The monoisotopic (exact) mass is 227 g/mol. The number of carbonyl (C=O) groups excluding carboxylic acids is 2. The highest BCUT2D eigenvalue weighted by atomic mass is 16.2. The van der Waals surface area contributed by atoms with Gasteiger partial charge in [0.1, 0.15) is 0 Å². The second-order valence-corrected chi connectivity index (χ2v) is 4.48. The van der Waals surface area contributed by atoms with Gasteiger partial charge in [-0.3, -0.25) is 9.59 Å². The van der Waals surface area contributed by atoms with Crippen LogP contribution in [0.1, 0.15) is 26.2 Å². The highest BCUT2D eigenvalue weighted by Gasteiger charge is 2.27. The third kappa shape index (κ3) is 3.48. The van der Waals surface area contributed by atoms with E-state index in [2.05, 4.69) is 5.32 Å². The van der Waals surface area contributed by atoms with Crippen LogP contribution in [0.4, 0.5) is 0 Å². The van der Waals surface area contributed by atoms with Gasteiger partial charge in [-0.1, -0.05) is 6.42 Å². The molecule has 5 nitrogen and oxygen atoms in total. The van der Waals surface area contributed by atoms with Crippen molar-refractivity contribution < 1.29 is 9.59 Å². The third-order valence-electron chi connectivity index (χ3n) is 3.23. The highest BCUT2D eigenvalue weighted by molar-refractivity contribution is 5.83. The summed E-state index contributed by atoms with van der Waals surface area (Å²) < 4.78 is 0. The molecule has 1 saturated carbocycles. The second kappa shape index (κ2) is 5.84. The molecule has 0 aromatic heterocycles. The maximum Gasteiger partial charge on any atom is 0.239 e. The number of carbonyl (C=O) groups is 2. The predicted molar refractivity (Wildman–Crippen MR) is 61.6 cm³/mol. The smallest absolute Gasteiger partial charge is 0.239 e. The van der Waals surface area contributed by atoms with Gasteiger partial charge in [0.25, 0.3) is 0 Å². The van der Waals surface area contributed by atoms with Crippen molar-refractivity contribution >= 4 is 11.8 Å². The fourth-order valence-electron chi connectivity index (χ4n) is 2.09. The summed E-state index contributed by atoms with van der Waals surface area (Å²) in [5.74, 6) is 0.201. The molecule has 0 aromatic rings. The van der Waals surface area contributed by atoms with Crippen molar-refractivity contribution in [2.45, 2.75) is 32.2 Å². The molecule has 3 N–H and O–H groups in total. The summed E-state index contributed by atoms with van der Waals surface area (Å²) >= 11 is 0. The van der Waals surface area contributed by atoms with E-state index in [1.807, 2.05) is 0 Å². The minimum absolute atomic E-state index is 0.0944. The lowest BCUT2D eigenvalue weighted by atomic mass is 10.0. The number of nitrogens with two attached hydrogens (primary N) is 1. The molecule has 0 heterocycles. The van der Waals surface area contributed by atoms with Crippen LogP contribution in [0.3, 0.4) is 0 Å². The van der Waals surface area contributed by atoms with E-state index in [9.17, 15) is 9.59 Å². The number of nitrogens with one attached hydrogen (secondary N) is 1. The molecule has 92 valence electrons. The van der Waals surface area contributed by atoms with Crippen LogP contribution in [0.5, 0.6) is 0 Å². The maximum atomic E-state index is 11.6. The Balaban J connectivity index is 2.36. The van der Waals surface area contributed by atoms with Crippen molar-refractivity contribution in [3.8, 4) is 0 Å². The Bertz CT molecular complexity index is 268. The third-order valence-corrected chi connectivity index (χ3v) is 3.23. The van der Waals surface area contributed by atoms with Crippen LogP contribution in [0.25, 0.3) is 0 Å². The molecule has 0 aliphatic heterocycles. The molecule has 2 atom stereocenters. The number of amides is 2.